The van der Waals surface area contributed by atoms with Crippen LogP contribution in [0.2, 0.25) is 0 Å². The van der Waals surface area contributed by atoms with Crippen LogP contribution in [0.15, 0.2) is 6.07 Å². The Morgan fingerprint density at radius 2 is 1.80 bits per heavy atom. The summed E-state index contributed by atoms with van der Waals surface area (Å²) in [5, 5.41) is 2.06. The minimum atomic E-state index is -3.53. The van der Waals surface area contributed by atoms with E-state index in [4.69, 9.17) is 11.0 Å². The number of halogens is 2. The van der Waals surface area contributed by atoms with Crippen LogP contribution < -0.4 is 10.2 Å². The van der Waals surface area contributed by atoms with Crippen molar-refractivity contribution < 1.29 is 34.1 Å². The SMILES string of the molecule is [2H]C1([2H])N(c2c(F)cc3c(c2F)CN([C@H]2CCC(=O)NC2=O)C3=O)C([2H])([2H])C([2H])([2H])N(C(C)(C)C)C1([2H])[2H]. The summed E-state index contributed by atoms with van der Waals surface area (Å²) < 4.78 is 99.5. The first-order valence-corrected chi connectivity index (χ1v) is 9.36. The second-order valence-corrected chi connectivity index (χ2v) is 8.24. The highest BCUT2D eigenvalue weighted by Crippen LogP contribution is 2.36. The predicted octanol–water partition coefficient (Wildman–Crippen LogP) is 1.65. The lowest BCUT2D eigenvalue weighted by Crippen LogP contribution is -2.53. The van der Waals surface area contributed by atoms with Gasteiger partial charge in [-0.25, -0.2) is 8.78 Å². The third kappa shape index (κ3) is 3.45. The first-order chi connectivity index (χ1) is 17.1. The quantitative estimate of drug-likeness (QED) is 0.726. The first kappa shape index (κ1) is 13.0. The van der Waals surface area contributed by atoms with Crippen molar-refractivity contribution in [2.75, 3.05) is 30.9 Å². The van der Waals surface area contributed by atoms with Gasteiger partial charge in [-0.15, -0.1) is 0 Å². The van der Waals surface area contributed by atoms with Crippen molar-refractivity contribution in [3.63, 3.8) is 0 Å². The number of fused-ring (bicyclic) bond motifs is 1. The fourth-order valence-corrected chi connectivity index (χ4v) is 3.53. The van der Waals surface area contributed by atoms with E-state index in [1.54, 1.807) is 0 Å². The molecule has 2 saturated heterocycles. The highest BCUT2D eigenvalue weighted by atomic mass is 19.1. The summed E-state index contributed by atoms with van der Waals surface area (Å²) in [5.41, 5.74) is -3.86. The Labute approximate surface area is 185 Å². The van der Waals surface area contributed by atoms with Gasteiger partial charge in [0.05, 0.1) is 17.6 Å². The number of hydrogen-bond acceptors (Lipinski definition) is 5. The van der Waals surface area contributed by atoms with Crippen molar-refractivity contribution in [3.05, 3.63) is 28.8 Å². The summed E-state index contributed by atoms with van der Waals surface area (Å²) in [6, 6.07) is -0.634. The van der Waals surface area contributed by atoms with Gasteiger partial charge in [0.2, 0.25) is 11.8 Å². The largest absolute Gasteiger partial charge is 0.364 e. The molecule has 7 nitrogen and oxygen atoms in total. The van der Waals surface area contributed by atoms with Crippen LogP contribution in [0.3, 0.4) is 0 Å². The maximum Gasteiger partial charge on any atom is 0.255 e. The Bertz CT molecular complexity index is 1230. The van der Waals surface area contributed by atoms with E-state index in [0.717, 1.165) is 4.90 Å². The molecule has 1 aromatic carbocycles. The molecule has 1 aromatic rings. The van der Waals surface area contributed by atoms with Gasteiger partial charge < -0.3 is 9.80 Å². The molecule has 3 amide bonds. The number of piperazine rings is 1. The smallest absolute Gasteiger partial charge is 0.255 e. The normalized spacial score (nSPS) is 33.8. The van der Waals surface area contributed by atoms with Crippen LogP contribution in [0.1, 0.15) is 60.5 Å². The molecule has 0 spiro atoms. The molecule has 3 aliphatic heterocycles. The summed E-state index contributed by atoms with van der Waals surface area (Å²) in [5.74, 6) is -5.52. The number of nitrogens with one attached hydrogen (secondary N) is 1. The number of amides is 3. The van der Waals surface area contributed by atoms with Gasteiger partial charge in [-0.2, -0.15) is 0 Å². The lowest BCUT2D eigenvalue weighted by molar-refractivity contribution is -0.136. The fraction of sp³-hybridized carbons (Fsp3) is 0.571. The van der Waals surface area contributed by atoms with Crippen LogP contribution in [0.25, 0.3) is 0 Å². The van der Waals surface area contributed by atoms with Gasteiger partial charge in [-0.05, 0) is 33.3 Å². The topological polar surface area (TPSA) is 73.0 Å². The van der Waals surface area contributed by atoms with Crippen LogP contribution in [0.4, 0.5) is 14.5 Å². The Balaban J connectivity index is 1.87. The van der Waals surface area contributed by atoms with E-state index in [9.17, 15) is 14.4 Å². The standard InChI is InChI=1S/C21H26F2N4O3/c1-21(2,3)26-8-6-25(7-9-26)18-14(22)10-12-13(17(18)23)11-27(20(12)30)15-4-5-16(28)24-19(15)29/h10,15H,4-9,11H2,1-3H3,(H,24,28,29)/t15-/m0/s1/i6D2,7D2,8D2,9D2. The van der Waals surface area contributed by atoms with Crippen molar-refractivity contribution in [1.29, 1.82) is 0 Å². The number of imide groups is 1. The molecular formula is C21H26F2N4O3. The molecule has 162 valence electrons. The molecule has 3 aliphatic rings. The zero-order valence-corrected chi connectivity index (χ0v) is 16.6. The molecule has 0 aliphatic carbocycles. The van der Waals surface area contributed by atoms with Crippen molar-refractivity contribution in [3.8, 4) is 0 Å². The lowest BCUT2D eigenvalue weighted by atomic mass is 10.0. The molecule has 0 saturated carbocycles. The zero-order valence-electron chi connectivity index (χ0n) is 24.6. The fourth-order valence-electron chi connectivity index (χ4n) is 3.53. The van der Waals surface area contributed by atoms with Gasteiger partial charge in [-0.3, -0.25) is 24.6 Å². The van der Waals surface area contributed by atoms with Gasteiger partial charge >= 0.3 is 0 Å². The molecule has 2 fully saturated rings. The van der Waals surface area contributed by atoms with Crippen LogP contribution in [0.5, 0.6) is 0 Å². The van der Waals surface area contributed by atoms with Gasteiger partial charge in [0.1, 0.15) is 17.5 Å². The number of nitrogens with zero attached hydrogens (tertiary/aromatic N) is 3. The highest BCUT2D eigenvalue weighted by molar-refractivity contribution is 6.05. The third-order valence-electron chi connectivity index (χ3n) is 5.14. The molecule has 30 heavy (non-hydrogen) atoms. The molecular weight excluding hydrogens is 394 g/mol. The van der Waals surface area contributed by atoms with Crippen LogP contribution in [0, 0.1) is 11.6 Å². The maximum atomic E-state index is 16.0. The molecule has 1 atom stereocenters. The van der Waals surface area contributed by atoms with Crippen LogP contribution >= 0.6 is 0 Å². The maximum absolute atomic E-state index is 16.0. The Morgan fingerprint density at radius 1 is 1.13 bits per heavy atom. The van der Waals surface area contributed by atoms with Crippen LogP contribution in [-0.2, 0) is 16.1 Å². The average molecular weight is 429 g/mol. The molecule has 0 radical (unpaired) electrons. The van der Waals surface area contributed by atoms with Crippen LogP contribution in [-0.4, -0.2) is 65.1 Å². The van der Waals surface area contributed by atoms with Crippen molar-refractivity contribution in [2.24, 2.45) is 0 Å². The van der Waals surface area contributed by atoms with E-state index < -0.39 is 90.3 Å². The molecule has 0 aromatic heterocycles. The van der Waals surface area contributed by atoms with Gasteiger partial charge in [-0.1, -0.05) is 0 Å². The Morgan fingerprint density at radius 3 is 2.40 bits per heavy atom. The first-order valence-electron chi connectivity index (χ1n) is 13.4. The van der Waals surface area contributed by atoms with Gasteiger partial charge in [0.25, 0.3) is 5.91 Å². The number of carbonyl (C=O) groups is 3. The molecule has 3 heterocycles. The minimum Gasteiger partial charge on any atom is -0.364 e. The number of anilines is 1. The van der Waals surface area contributed by atoms with E-state index in [1.165, 1.54) is 20.8 Å². The summed E-state index contributed by atoms with van der Waals surface area (Å²) in [7, 11) is 0. The number of hydrogen-bond donors (Lipinski definition) is 1. The number of carbonyl (C=O) groups excluding carboxylic acids is 3. The number of benzene rings is 1. The van der Waals surface area contributed by atoms with Crippen molar-refractivity contribution in [2.45, 2.75) is 51.7 Å². The van der Waals surface area contributed by atoms with E-state index in [1.807, 2.05) is 0 Å². The summed E-state index contributed by atoms with van der Waals surface area (Å²) in [6.45, 7) is -10.2. The van der Waals surface area contributed by atoms with Crippen molar-refractivity contribution >= 4 is 23.4 Å². The van der Waals surface area contributed by atoms with Crippen molar-refractivity contribution in [1.82, 2.24) is 15.1 Å². The highest BCUT2D eigenvalue weighted by Gasteiger charge is 2.42. The zero-order chi connectivity index (χ0) is 29.0. The Hall–Kier alpha value is -2.55. The monoisotopic (exact) mass is 428 g/mol. The summed E-state index contributed by atoms with van der Waals surface area (Å²) in [4.78, 5) is 37.8. The second-order valence-electron chi connectivity index (χ2n) is 8.24. The third-order valence-corrected chi connectivity index (χ3v) is 5.14. The number of rotatable bonds is 2. The minimum absolute atomic E-state index is 0.0678. The van der Waals surface area contributed by atoms with Gasteiger partial charge in [0.15, 0.2) is 5.82 Å². The molecule has 1 N–H and O–H groups in total. The number of piperidine rings is 1. The second kappa shape index (κ2) is 7.30. The summed E-state index contributed by atoms with van der Waals surface area (Å²) >= 11 is 0. The predicted molar refractivity (Wildman–Crippen MR) is 106 cm³/mol. The van der Waals surface area contributed by atoms with E-state index in [2.05, 4.69) is 5.32 Å². The van der Waals surface area contributed by atoms with Gasteiger partial charge in [0, 0.05) is 49.0 Å². The average Bonchev–Trinajstić information content (AvgIpc) is 3.04. The Kier molecular flexibility index (Phi) is 3.16. The van der Waals surface area contributed by atoms with E-state index >= 15 is 8.78 Å². The molecule has 4 rings (SSSR count). The van der Waals surface area contributed by atoms with E-state index in [-0.39, 0.29) is 17.7 Å². The lowest BCUT2D eigenvalue weighted by Gasteiger charge is -2.43. The van der Waals surface area contributed by atoms with E-state index in [0.29, 0.717) is 11.0 Å². The molecule has 0 bridgehead atoms. The molecule has 9 heteroatoms. The summed E-state index contributed by atoms with van der Waals surface area (Å²) in [6.07, 6.45) is -0.164. The molecule has 0 unspecified atom stereocenters.